The minimum atomic E-state index is -0.686. The van der Waals surface area contributed by atoms with Gasteiger partial charge >= 0.3 is 11.9 Å². The van der Waals surface area contributed by atoms with E-state index in [1.165, 1.54) is 0 Å². The fourth-order valence-electron chi connectivity index (χ4n) is 2.65. The second kappa shape index (κ2) is 8.52. The van der Waals surface area contributed by atoms with E-state index in [0.717, 1.165) is 30.9 Å². The van der Waals surface area contributed by atoms with Crippen LogP contribution in [0.1, 0.15) is 52.0 Å². The number of hydrogen-bond acceptors (Lipinski definition) is 3. The Bertz CT molecular complexity index is 503. The van der Waals surface area contributed by atoms with E-state index in [1.54, 1.807) is 0 Å². The molecule has 22 heavy (non-hydrogen) atoms. The lowest BCUT2D eigenvalue weighted by Gasteiger charge is -2.33. The molecule has 3 heteroatoms. The lowest BCUT2D eigenvalue weighted by atomic mass is 9.71. The molecule has 0 bridgehead atoms. The topological polar surface area (TPSA) is 43.4 Å². The third-order valence-corrected chi connectivity index (χ3v) is 4.14. The Balaban J connectivity index is 2.99. The molecule has 1 atom stereocenters. The van der Waals surface area contributed by atoms with Crippen LogP contribution in [0.25, 0.3) is 0 Å². The Morgan fingerprint density at radius 3 is 2.41 bits per heavy atom. The third kappa shape index (κ3) is 4.83. The van der Waals surface area contributed by atoms with Crippen molar-refractivity contribution < 1.29 is 14.3 Å². The zero-order valence-electron chi connectivity index (χ0n) is 13.8. The van der Waals surface area contributed by atoms with E-state index in [-0.39, 0.29) is 5.92 Å². The summed E-state index contributed by atoms with van der Waals surface area (Å²) in [7, 11) is 0. The quantitative estimate of drug-likeness (QED) is 0.309. The van der Waals surface area contributed by atoms with Crippen molar-refractivity contribution in [1.29, 1.82) is 0 Å². The van der Waals surface area contributed by atoms with Gasteiger partial charge < -0.3 is 4.74 Å². The Kier molecular flexibility index (Phi) is 7.03. The fraction of sp³-hybridized carbons (Fsp3) is 0.474. The molecular formula is C19H26O3. The molecule has 0 fully saturated rings. The number of rotatable bonds is 8. The number of ether oxygens (including phenoxy) is 1. The molecule has 0 aliphatic heterocycles. The van der Waals surface area contributed by atoms with Crippen molar-refractivity contribution in [3.05, 3.63) is 48.6 Å². The van der Waals surface area contributed by atoms with E-state index < -0.39 is 17.4 Å². The maximum absolute atomic E-state index is 12.4. The second-order valence-electron chi connectivity index (χ2n) is 6.08. The molecule has 0 aliphatic rings. The molecule has 0 radical (unpaired) electrons. The van der Waals surface area contributed by atoms with Crippen molar-refractivity contribution in [2.45, 2.75) is 51.9 Å². The van der Waals surface area contributed by atoms with Crippen LogP contribution in [-0.2, 0) is 19.7 Å². The van der Waals surface area contributed by atoms with Crippen molar-refractivity contribution in [3.8, 4) is 0 Å². The van der Waals surface area contributed by atoms with Gasteiger partial charge in [0.2, 0.25) is 0 Å². The van der Waals surface area contributed by atoms with Crippen molar-refractivity contribution in [2.75, 3.05) is 0 Å². The van der Waals surface area contributed by atoms with Gasteiger partial charge in [-0.1, -0.05) is 76.9 Å². The van der Waals surface area contributed by atoms with Crippen LogP contribution in [0.2, 0.25) is 0 Å². The number of unbranched alkanes of at least 4 members (excludes halogenated alkanes) is 2. The summed E-state index contributed by atoms with van der Waals surface area (Å²) in [4.78, 5) is 23.8. The monoisotopic (exact) mass is 302 g/mol. The molecular weight excluding hydrogens is 276 g/mol. The maximum Gasteiger partial charge on any atom is 0.337 e. The molecule has 1 aromatic carbocycles. The van der Waals surface area contributed by atoms with Crippen molar-refractivity contribution in [1.82, 2.24) is 0 Å². The van der Waals surface area contributed by atoms with E-state index in [0.29, 0.717) is 6.42 Å². The average Bonchev–Trinajstić information content (AvgIpc) is 2.51. The molecule has 0 saturated carbocycles. The largest absolute Gasteiger partial charge is 0.390 e. The van der Waals surface area contributed by atoms with Gasteiger partial charge in [0.1, 0.15) is 0 Å². The van der Waals surface area contributed by atoms with Crippen LogP contribution in [0.4, 0.5) is 0 Å². The highest BCUT2D eigenvalue weighted by molar-refractivity contribution is 5.93. The Morgan fingerprint density at radius 2 is 1.86 bits per heavy atom. The lowest BCUT2D eigenvalue weighted by molar-refractivity contribution is -0.161. The molecule has 1 unspecified atom stereocenters. The fourth-order valence-corrected chi connectivity index (χ4v) is 2.65. The van der Waals surface area contributed by atoms with Crippen molar-refractivity contribution in [3.63, 3.8) is 0 Å². The molecule has 0 amide bonds. The molecule has 0 aliphatic carbocycles. The highest BCUT2D eigenvalue weighted by Gasteiger charge is 2.37. The molecule has 1 aromatic rings. The van der Waals surface area contributed by atoms with E-state index in [1.807, 2.05) is 44.2 Å². The standard InChI is InChI=1S/C19H26O3/c1-5-7-9-14-16(18(21)22-17(20)6-2)19(3,4)15-12-10-8-11-13-15/h6,8,10-13,16H,2,5,7,9,14H2,1,3-4H3. The van der Waals surface area contributed by atoms with Gasteiger partial charge in [0, 0.05) is 11.5 Å². The van der Waals surface area contributed by atoms with Gasteiger partial charge in [0.15, 0.2) is 0 Å². The van der Waals surface area contributed by atoms with Crippen LogP contribution < -0.4 is 0 Å². The number of esters is 2. The molecule has 0 aromatic heterocycles. The number of hydrogen-bond donors (Lipinski definition) is 0. The van der Waals surface area contributed by atoms with Gasteiger partial charge in [-0.2, -0.15) is 0 Å². The number of carbonyl (C=O) groups excluding carboxylic acids is 2. The predicted octanol–water partition coefficient (Wildman–Crippen LogP) is 4.42. The van der Waals surface area contributed by atoms with Gasteiger partial charge in [-0.3, -0.25) is 4.79 Å². The number of benzene rings is 1. The Morgan fingerprint density at radius 1 is 1.23 bits per heavy atom. The minimum Gasteiger partial charge on any atom is -0.390 e. The van der Waals surface area contributed by atoms with Crippen LogP contribution in [0, 0.1) is 5.92 Å². The van der Waals surface area contributed by atoms with E-state index in [2.05, 4.69) is 13.5 Å². The highest BCUT2D eigenvalue weighted by atomic mass is 16.6. The first-order valence-electron chi connectivity index (χ1n) is 7.87. The zero-order valence-corrected chi connectivity index (χ0v) is 13.8. The molecule has 3 nitrogen and oxygen atoms in total. The first kappa shape index (κ1) is 18.1. The van der Waals surface area contributed by atoms with E-state index in [9.17, 15) is 9.59 Å². The summed E-state index contributed by atoms with van der Waals surface area (Å²) in [6.07, 6.45) is 4.81. The lowest BCUT2D eigenvalue weighted by Crippen LogP contribution is -2.36. The minimum absolute atomic E-state index is 0.356. The first-order valence-corrected chi connectivity index (χ1v) is 7.87. The van der Waals surface area contributed by atoms with Gasteiger partial charge in [0.05, 0.1) is 5.92 Å². The van der Waals surface area contributed by atoms with E-state index in [4.69, 9.17) is 4.74 Å². The van der Waals surface area contributed by atoms with Crippen LogP contribution in [0.3, 0.4) is 0 Å². The molecule has 1 rings (SSSR count). The molecule has 0 saturated heterocycles. The normalized spacial score (nSPS) is 12.5. The van der Waals surface area contributed by atoms with Gasteiger partial charge in [-0.05, 0) is 12.0 Å². The van der Waals surface area contributed by atoms with Crippen LogP contribution in [0.15, 0.2) is 43.0 Å². The van der Waals surface area contributed by atoms with Crippen LogP contribution >= 0.6 is 0 Å². The van der Waals surface area contributed by atoms with E-state index >= 15 is 0 Å². The summed E-state index contributed by atoms with van der Waals surface area (Å²) < 4.78 is 4.90. The number of carbonyl (C=O) groups is 2. The van der Waals surface area contributed by atoms with Crippen LogP contribution in [0.5, 0.6) is 0 Å². The summed E-state index contributed by atoms with van der Waals surface area (Å²) >= 11 is 0. The summed E-state index contributed by atoms with van der Waals surface area (Å²) in [5.41, 5.74) is 0.674. The summed E-state index contributed by atoms with van der Waals surface area (Å²) in [5, 5.41) is 0. The Labute approximate surface area is 133 Å². The summed E-state index contributed by atoms with van der Waals surface area (Å²) in [5.74, 6) is -1.51. The molecule has 120 valence electrons. The Hall–Kier alpha value is -1.90. The smallest absolute Gasteiger partial charge is 0.337 e. The van der Waals surface area contributed by atoms with Crippen molar-refractivity contribution >= 4 is 11.9 Å². The summed E-state index contributed by atoms with van der Waals surface area (Å²) in [6.45, 7) is 9.52. The predicted molar refractivity (Wildman–Crippen MR) is 88.4 cm³/mol. The van der Waals surface area contributed by atoms with Crippen molar-refractivity contribution in [2.24, 2.45) is 5.92 Å². The van der Waals surface area contributed by atoms with Gasteiger partial charge in [-0.15, -0.1) is 0 Å². The third-order valence-electron chi connectivity index (χ3n) is 4.14. The second-order valence-corrected chi connectivity index (χ2v) is 6.08. The molecule has 0 N–H and O–H groups in total. The van der Waals surface area contributed by atoms with Gasteiger partial charge in [-0.25, -0.2) is 4.79 Å². The van der Waals surface area contributed by atoms with Gasteiger partial charge in [0.25, 0.3) is 0 Å². The molecule has 0 spiro atoms. The maximum atomic E-state index is 12.4. The first-order chi connectivity index (χ1) is 10.4. The average molecular weight is 302 g/mol. The molecule has 0 heterocycles. The van der Waals surface area contributed by atoms with Crippen LogP contribution in [-0.4, -0.2) is 11.9 Å². The zero-order chi connectivity index (χ0) is 16.6. The highest BCUT2D eigenvalue weighted by Crippen LogP contribution is 2.36. The summed E-state index contributed by atoms with van der Waals surface area (Å²) in [6, 6.07) is 9.89. The SMILES string of the molecule is C=CC(=O)OC(=O)C(CCCCC)C(C)(C)c1ccccc1.